The lowest BCUT2D eigenvalue weighted by Gasteiger charge is -2.12. The monoisotopic (exact) mass is 307 g/mol. The van der Waals surface area contributed by atoms with E-state index in [9.17, 15) is 10.4 Å². The highest BCUT2D eigenvalue weighted by molar-refractivity contribution is 5.84. The van der Waals surface area contributed by atoms with Crippen LogP contribution < -0.4 is 10.1 Å². The van der Waals surface area contributed by atoms with E-state index in [0.29, 0.717) is 22.8 Å². The van der Waals surface area contributed by atoms with Crippen molar-refractivity contribution in [3.8, 4) is 28.8 Å². The molecule has 0 aliphatic heterocycles. The lowest BCUT2D eigenvalue weighted by Crippen LogP contribution is -1.98. The fourth-order valence-corrected chi connectivity index (χ4v) is 2.19. The SMILES string of the molecule is COc1cccc(-c2cncc(C#N)c2Nc2cc(O)[nH]n2)c1. The number of pyridine rings is 1. The summed E-state index contributed by atoms with van der Waals surface area (Å²) in [5, 5.41) is 28.1. The lowest BCUT2D eigenvalue weighted by molar-refractivity contribution is 0.415. The van der Waals surface area contributed by atoms with Gasteiger partial charge in [-0.1, -0.05) is 12.1 Å². The van der Waals surface area contributed by atoms with Crippen molar-refractivity contribution >= 4 is 11.5 Å². The maximum Gasteiger partial charge on any atom is 0.208 e. The van der Waals surface area contributed by atoms with E-state index in [2.05, 4.69) is 26.6 Å². The Labute approximate surface area is 132 Å². The Hall–Kier alpha value is -3.53. The molecule has 0 atom stereocenters. The first-order valence-corrected chi connectivity index (χ1v) is 6.75. The fourth-order valence-electron chi connectivity index (χ4n) is 2.19. The minimum Gasteiger partial charge on any atom is -0.497 e. The fraction of sp³-hybridized carbons (Fsp3) is 0.0625. The van der Waals surface area contributed by atoms with Gasteiger partial charge >= 0.3 is 0 Å². The number of ether oxygens (including phenoxy) is 1. The molecule has 1 aromatic carbocycles. The predicted octanol–water partition coefficient (Wildman–Crippen LogP) is 2.80. The van der Waals surface area contributed by atoms with Crippen LogP contribution in [0.25, 0.3) is 11.1 Å². The Balaban J connectivity index is 2.11. The Morgan fingerprint density at radius 1 is 1.30 bits per heavy atom. The van der Waals surface area contributed by atoms with Crippen molar-refractivity contribution in [1.29, 1.82) is 5.26 Å². The summed E-state index contributed by atoms with van der Waals surface area (Å²) in [5.74, 6) is 1.03. The highest BCUT2D eigenvalue weighted by Crippen LogP contribution is 2.33. The molecular formula is C16H13N5O2. The summed E-state index contributed by atoms with van der Waals surface area (Å²) in [6.45, 7) is 0. The molecule has 3 N–H and O–H groups in total. The molecule has 7 heteroatoms. The number of nitrogens with zero attached hydrogens (tertiary/aromatic N) is 3. The number of methoxy groups -OCH3 is 1. The quantitative estimate of drug-likeness (QED) is 0.684. The van der Waals surface area contributed by atoms with E-state index in [1.54, 1.807) is 13.3 Å². The van der Waals surface area contributed by atoms with Crippen LogP contribution >= 0.6 is 0 Å². The van der Waals surface area contributed by atoms with Gasteiger partial charge in [-0.2, -0.15) is 10.4 Å². The first-order valence-electron chi connectivity index (χ1n) is 6.75. The van der Waals surface area contributed by atoms with Crippen LogP contribution in [-0.2, 0) is 0 Å². The predicted molar refractivity (Wildman–Crippen MR) is 84.5 cm³/mol. The van der Waals surface area contributed by atoms with Crippen molar-refractivity contribution in [3.05, 3.63) is 48.3 Å². The van der Waals surface area contributed by atoms with Gasteiger partial charge in [-0.25, -0.2) is 5.10 Å². The van der Waals surface area contributed by atoms with Crippen LogP contribution in [0.4, 0.5) is 11.5 Å². The van der Waals surface area contributed by atoms with E-state index in [-0.39, 0.29) is 5.88 Å². The van der Waals surface area contributed by atoms with E-state index in [1.807, 2.05) is 24.3 Å². The molecular weight excluding hydrogens is 294 g/mol. The summed E-state index contributed by atoms with van der Waals surface area (Å²) < 4.78 is 5.24. The zero-order chi connectivity index (χ0) is 16.2. The molecule has 2 heterocycles. The Morgan fingerprint density at radius 2 is 2.17 bits per heavy atom. The van der Waals surface area contributed by atoms with E-state index >= 15 is 0 Å². The minimum atomic E-state index is -0.0667. The Bertz CT molecular complexity index is 882. The van der Waals surface area contributed by atoms with E-state index < -0.39 is 0 Å². The normalized spacial score (nSPS) is 10.1. The number of rotatable bonds is 4. The zero-order valence-electron chi connectivity index (χ0n) is 12.2. The molecule has 3 rings (SSSR count). The average Bonchev–Trinajstić information content (AvgIpc) is 3.00. The van der Waals surface area contributed by atoms with E-state index in [1.165, 1.54) is 12.3 Å². The van der Waals surface area contributed by atoms with Crippen LogP contribution in [0.2, 0.25) is 0 Å². The third-order valence-electron chi connectivity index (χ3n) is 3.26. The summed E-state index contributed by atoms with van der Waals surface area (Å²) in [5.41, 5.74) is 2.50. The number of hydrogen-bond acceptors (Lipinski definition) is 6. The van der Waals surface area contributed by atoms with Gasteiger partial charge in [0.1, 0.15) is 11.8 Å². The van der Waals surface area contributed by atoms with Crippen molar-refractivity contribution in [2.75, 3.05) is 12.4 Å². The van der Waals surface area contributed by atoms with Gasteiger partial charge in [-0.05, 0) is 17.7 Å². The standard InChI is InChI=1S/C16H13N5O2/c1-23-12-4-2-3-10(5-12)13-9-18-8-11(7-17)16(13)19-14-6-15(22)21-20-14/h2-6,8-9H,1H3,(H3,18,19,20,21,22). The van der Waals surface area contributed by atoms with Gasteiger partial charge in [0, 0.05) is 24.0 Å². The van der Waals surface area contributed by atoms with Crippen molar-refractivity contribution in [1.82, 2.24) is 15.2 Å². The second-order valence-electron chi connectivity index (χ2n) is 4.72. The van der Waals surface area contributed by atoms with E-state index in [4.69, 9.17) is 4.74 Å². The number of hydrogen-bond donors (Lipinski definition) is 3. The van der Waals surface area contributed by atoms with Gasteiger partial charge in [-0.15, -0.1) is 0 Å². The number of nitrogens with one attached hydrogen (secondary N) is 2. The van der Waals surface area contributed by atoms with Crippen molar-refractivity contribution in [3.63, 3.8) is 0 Å². The summed E-state index contributed by atoms with van der Waals surface area (Å²) in [7, 11) is 1.59. The molecule has 23 heavy (non-hydrogen) atoms. The molecule has 2 aromatic heterocycles. The third-order valence-corrected chi connectivity index (χ3v) is 3.26. The molecule has 7 nitrogen and oxygen atoms in total. The Kier molecular flexibility index (Phi) is 3.80. The molecule has 3 aromatic rings. The van der Waals surface area contributed by atoms with Gasteiger partial charge in [0.2, 0.25) is 5.88 Å². The highest BCUT2D eigenvalue weighted by atomic mass is 16.5. The second-order valence-corrected chi connectivity index (χ2v) is 4.72. The molecule has 0 amide bonds. The number of nitriles is 1. The minimum absolute atomic E-state index is 0.0667. The molecule has 0 spiro atoms. The lowest BCUT2D eigenvalue weighted by atomic mass is 10.0. The summed E-state index contributed by atoms with van der Waals surface area (Å²) in [6.07, 6.45) is 3.13. The summed E-state index contributed by atoms with van der Waals surface area (Å²) in [4.78, 5) is 4.11. The van der Waals surface area contributed by atoms with Gasteiger partial charge < -0.3 is 15.2 Å². The largest absolute Gasteiger partial charge is 0.497 e. The van der Waals surface area contributed by atoms with Crippen LogP contribution in [0.5, 0.6) is 11.6 Å². The number of aromatic amines is 1. The van der Waals surface area contributed by atoms with Gasteiger partial charge in [0.15, 0.2) is 5.82 Å². The maximum absolute atomic E-state index is 9.36. The number of H-pyrrole nitrogens is 1. The van der Waals surface area contributed by atoms with Crippen molar-refractivity contribution in [2.45, 2.75) is 0 Å². The highest BCUT2D eigenvalue weighted by Gasteiger charge is 2.13. The second kappa shape index (κ2) is 6.07. The third kappa shape index (κ3) is 2.91. The van der Waals surface area contributed by atoms with Gasteiger partial charge in [-0.3, -0.25) is 4.98 Å². The molecule has 0 saturated heterocycles. The smallest absolute Gasteiger partial charge is 0.208 e. The molecule has 0 bridgehead atoms. The molecule has 0 saturated carbocycles. The van der Waals surface area contributed by atoms with Crippen molar-refractivity contribution < 1.29 is 9.84 Å². The topological polar surface area (TPSA) is 107 Å². The maximum atomic E-state index is 9.36. The van der Waals surface area contributed by atoms with Crippen LogP contribution in [0.1, 0.15) is 5.56 Å². The number of aromatic hydroxyl groups is 1. The number of aromatic nitrogens is 3. The summed E-state index contributed by atoms with van der Waals surface area (Å²) >= 11 is 0. The van der Waals surface area contributed by atoms with Crippen LogP contribution in [0.3, 0.4) is 0 Å². The first kappa shape index (κ1) is 14.4. The van der Waals surface area contributed by atoms with Crippen molar-refractivity contribution in [2.24, 2.45) is 0 Å². The molecule has 0 fully saturated rings. The van der Waals surface area contributed by atoms with Crippen LogP contribution in [-0.4, -0.2) is 27.4 Å². The molecule has 0 aliphatic rings. The Morgan fingerprint density at radius 3 is 2.87 bits per heavy atom. The summed E-state index contributed by atoms with van der Waals surface area (Å²) in [6, 6.07) is 11.0. The average molecular weight is 307 g/mol. The number of anilines is 2. The molecule has 0 unspecified atom stereocenters. The van der Waals surface area contributed by atoms with Gasteiger partial charge in [0.25, 0.3) is 0 Å². The first-order chi connectivity index (χ1) is 11.2. The van der Waals surface area contributed by atoms with Crippen LogP contribution in [0, 0.1) is 11.3 Å². The molecule has 0 aliphatic carbocycles. The van der Waals surface area contributed by atoms with E-state index in [0.717, 1.165) is 11.1 Å². The van der Waals surface area contributed by atoms with Crippen LogP contribution in [0.15, 0.2) is 42.7 Å². The molecule has 114 valence electrons. The number of benzene rings is 1. The zero-order valence-corrected chi connectivity index (χ0v) is 12.2. The molecule has 0 radical (unpaired) electrons. The van der Waals surface area contributed by atoms with Gasteiger partial charge in [0.05, 0.1) is 18.4 Å².